The maximum absolute atomic E-state index is 9.74. The van der Waals surface area contributed by atoms with E-state index < -0.39 is 11.9 Å². The molecule has 2 fully saturated rings. The maximum atomic E-state index is 9.74. The van der Waals surface area contributed by atoms with Gasteiger partial charge in [0.1, 0.15) is 6.10 Å². The van der Waals surface area contributed by atoms with Crippen LogP contribution in [0.3, 0.4) is 0 Å². The lowest BCUT2D eigenvalue weighted by Crippen LogP contribution is -2.28. The van der Waals surface area contributed by atoms with Crippen molar-refractivity contribution in [2.45, 2.75) is 50.8 Å². The highest BCUT2D eigenvalue weighted by Crippen LogP contribution is 2.42. The minimum absolute atomic E-state index is 0.0489. The van der Waals surface area contributed by atoms with E-state index in [0.717, 1.165) is 0 Å². The summed E-state index contributed by atoms with van der Waals surface area (Å²) >= 11 is 0. The maximum Gasteiger partial charge on any atom is 0.163 e. The smallest absolute Gasteiger partial charge is 0.163 e. The van der Waals surface area contributed by atoms with Crippen molar-refractivity contribution in [3.8, 4) is 0 Å². The van der Waals surface area contributed by atoms with Crippen LogP contribution in [-0.2, 0) is 9.47 Å². The average molecular weight is 202 g/mol. The third-order valence-corrected chi connectivity index (χ3v) is 3.05. The van der Waals surface area contributed by atoms with Gasteiger partial charge >= 0.3 is 0 Å². The third kappa shape index (κ3) is 1.67. The zero-order valence-electron chi connectivity index (χ0n) is 8.64. The van der Waals surface area contributed by atoms with Crippen LogP contribution >= 0.6 is 0 Å². The molecule has 1 aliphatic heterocycles. The molecule has 0 aromatic rings. The quantitative estimate of drug-likeness (QED) is 0.675. The summed E-state index contributed by atoms with van der Waals surface area (Å²) in [6.45, 7) is 3.85. The summed E-state index contributed by atoms with van der Waals surface area (Å²) in [6.07, 6.45) is 0.649. The molecule has 2 N–H and O–H groups in total. The summed E-state index contributed by atoms with van der Waals surface area (Å²) in [7, 11) is 0. The normalized spacial score (nSPS) is 45.4. The van der Waals surface area contributed by atoms with Gasteiger partial charge in [0.25, 0.3) is 0 Å². The van der Waals surface area contributed by atoms with Crippen LogP contribution < -0.4 is 0 Å². The molecule has 4 atom stereocenters. The number of ether oxygens (including phenoxy) is 2. The van der Waals surface area contributed by atoms with E-state index in [1.807, 2.05) is 13.8 Å². The van der Waals surface area contributed by atoms with Crippen molar-refractivity contribution in [1.82, 2.24) is 0 Å². The fourth-order valence-electron chi connectivity index (χ4n) is 2.51. The van der Waals surface area contributed by atoms with E-state index in [-0.39, 0.29) is 24.7 Å². The number of rotatable bonds is 2. The van der Waals surface area contributed by atoms with Crippen LogP contribution in [0.15, 0.2) is 0 Å². The molecule has 0 amide bonds. The Bertz CT molecular complexity index is 216. The highest BCUT2D eigenvalue weighted by atomic mass is 16.8. The Labute approximate surface area is 83.8 Å². The fourth-order valence-corrected chi connectivity index (χ4v) is 2.51. The van der Waals surface area contributed by atoms with E-state index in [1.54, 1.807) is 0 Å². The zero-order valence-corrected chi connectivity index (χ0v) is 8.64. The van der Waals surface area contributed by atoms with Crippen molar-refractivity contribution in [1.29, 1.82) is 0 Å². The Hall–Kier alpha value is -0.160. The molecule has 1 aliphatic carbocycles. The Balaban J connectivity index is 2.07. The van der Waals surface area contributed by atoms with Crippen LogP contribution in [0.25, 0.3) is 0 Å². The molecule has 0 unspecified atom stereocenters. The first kappa shape index (κ1) is 10.4. The molecule has 4 nitrogen and oxygen atoms in total. The van der Waals surface area contributed by atoms with Crippen LogP contribution in [0.4, 0.5) is 0 Å². The van der Waals surface area contributed by atoms with Crippen molar-refractivity contribution in [3.63, 3.8) is 0 Å². The van der Waals surface area contributed by atoms with E-state index in [9.17, 15) is 5.11 Å². The largest absolute Gasteiger partial charge is 0.396 e. The van der Waals surface area contributed by atoms with Gasteiger partial charge in [-0.1, -0.05) is 0 Å². The molecular weight excluding hydrogens is 184 g/mol. The lowest BCUT2D eigenvalue weighted by molar-refractivity contribution is -0.167. The molecule has 1 saturated carbocycles. The summed E-state index contributed by atoms with van der Waals surface area (Å²) < 4.78 is 11.3. The Kier molecular flexibility index (Phi) is 2.55. The minimum atomic E-state index is -0.593. The summed E-state index contributed by atoms with van der Waals surface area (Å²) in [6, 6.07) is 0. The van der Waals surface area contributed by atoms with Crippen molar-refractivity contribution >= 4 is 0 Å². The van der Waals surface area contributed by atoms with Gasteiger partial charge in [0, 0.05) is 6.61 Å². The van der Waals surface area contributed by atoms with Crippen molar-refractivity contribution < 1.29 is 19.7 Å². The van der Waals surface area contributed by atoms with E-state index >= 15 is 0 Å². The van der Waals surface area contributed by atoms with Gasteiger partial charge in [0.15, 0.2) is 5.79 Å². The number of fused-ring (bicyclic) bond motifs is 1. The standard InChI is InChI=1S/C10H18O4/c1-10(2)13-8-6(3-4-11)5-7(12)9(8)14-10/h6-9,11-12H,3-5H2,1-2H3/t6-,7+,8-,9+/m0/s1. The summed E-state index contributed by atoms with van der Waals surface area (Å²) in [5.74, 6) is -0.369. The molecule has 4 heteroatoms. The summed E-state index contributed by atoms with van der Waals surface area (Å²) in [5, 5.41) is 18.6. The topological polar surface area (TPSA) is 58.9 Å². The lowest BCUT2D eigenvalue weighted by Gasteiger charge is -2.21. The van der Waals surface area contributed by atoms with Crippen LogP contribution in [0.1, 0.15) is 26.7 Å². The lowest BCUT2D eigenvalue weighted by atomic mass is 10.0. The van der Waals surface area contributed by atoms with E-state index in [2.05, 4.69) is 0 Å². The molecule has 2 rings (SSSR count). The number of hydrogen-bond donors (Lipinski definition) is 2. The number of aliphatic hydroxyl groups excluding tert-OH is 2. The second-order valence-corrected chi connectivity index (χ2v) is 4.64. The zero-order chi connectivity index (χ0) is 10.3. The van der Waals surface area contributed by atoms with E-state index in [1.165, 1.54) is 0 Å². The molecule has 0 aromatic heterocycles. The SMILES string of the molecule is CC1(C)O[C@H]2[C@@H](CCO)C[C@@H](O)[C@H]2O1. The number of aliphatic hydroxyl groups is 2. The molecule has 2 aliphatic rings. The first-order valence-electron chi connectivity index (χ1n) is 5.18. The second kappa shape index (κ2) is 3.45. The molecule has 14 heavy (non-hydrogen) atoms. The molecule has 82 valence electrons. The highest BCUT2D eigenvalue weighted by molar-refractivity contribution is 4.98. The predicted molar refractivity (Wildman–Crippen MR) is 49.6 cm³/mol. The Morgan fingerprint density at radius 2 is 1.93 bits per heavy atom. The number of hydrogen-bond acceptors (Lipinski definition) is 4. The van der Waals surface area contributed by atoms with Gasteiger partial charge in [-0.3, -0.25) is 0 Å². The molecule has 0 radical (unpaired) electrons. The third-order valence-electron chi connectivity index (χ3n) is 3.05. The minimum Gasteiger partial charge on any atom is -0.396 e. The van der Waals surface area contributed by atoms with E-state index in [4.69, 9.17) is 14.6 Å². The highest BCUT2D eigenvalue weighted by Gasteiger charge is 2.53. The van der Waals surface area contributed by atoms with Gasteiger partial charge in [-0.05, 0) is 32.6 Å². The second-order valence-electron chi connectivity index (χ2n) is 4.64. The Morgan fingerprint density at radius 3 is 2.57 bits per heavy atom. The van der Waals surface area contributed by atoms with Crippen LogP contribution in [0.5, 0.6) is 0 Å². The van der Waals surface area contributed by atoms with Crippen molar-refractivity contribution in [2.24, 2.45) is 5.92 Å². The van der Waals surface area contributed by atoms with Crippen LogP contribution in [0, 0.1) is 5.92 Å². The summed E-state index contributed by atoms with van der Waals surface area (Å²) in [4.78, 5) is 0. The van der Waals surface area contributed by atoms with Gasteiger partial charge in [0.2, 0.25) is 0 Å². The van der Waals surface area contributed by atoms with Crippen LogP contribution in [0.2, 0.25) is 0 Å². The molecular formula is C10H18O4. The van der Waals surface area contributed by atoms with Gasteiger partial charge in [0.05, 0.1) is 12.2 Å². The summed E-state index contributed by atoms with van der Waals surface area (Å²) in [5.41, 5.74) is 0. The fraction of sp³-hybridized carbons (Fsp3) is 1.00. The first-order valence-corrected chi connectivity index (χ1v) is 5.18. The van der Waals surface area contributed by atoms with Crippen molar-refractivity contribution in [3.05, 3.63) is 0 Å². The molecule has 1 saturated heterocycles. The van der Waals surface area contributed by atoms with Gasteiger partial charge < -0.3 is 19.7 Å². The monoisotopic (exact) mass is 202 g/mol. The van der Waals surface area contributed by atoms with Gasteiger partial charge in [-0.25, -0.2) is 0 Å². The van der Waals surface area contributed by atoms with Crippen LogP contribution in [-0.4, -0.2) is 40.9 Å². The van der Waals surface area contributed by atoms with Gasteiger partial charge in [-0.2, -0.15) is 0 Å². The van der Waals surface area contributed by atoms with E-state index in [0.29, 0.717) is 12.8 Å². The van der Waals surface area contributed by atoms with Crippen molar-refractivity contribution in [2.75, 3.05) is 6.61 Å². The van der Waals surface area contributed by atoms with Gasteiger partial charge in [-0.15, -0.1) is 0 Å². The Morgan fingerprint density at radius 1 is 1.29 bits per heavy atom. The molecule has 1 heterocycles. The molecule has 0 spiro atoms. The molecule has 0 aromatic carbocycles. The predicted octanol–water partition coefficient (Wildman–Crippen LogP) is 0.270. The average Bonchev–Trinajstić information content (AvgIpc) is 2.51. The first-order chi connectivity index (χ1) is 6.53. The molecule has 0 bridgehead atoms.